The highest BCUT2D eigenvalue weighted by Gasteiger charge is 2.19. The summed E-state index contributed by atoms with van der Waals surface area (Å²) in [6.07, 6.45) is 2.35. The first-order chi connectivity index (χ1) is 10.8. The number of carbonyl (C=O) groups excluding carboxylic acids is 1. The summed E-state index contributed by atoms with van der Waals surface area (Å²) in [7, 11) is 1.68. The molecule has 2 atom stereocenters. The van der Waals surface area contributed by atoms with Gasteiger partial charge >= 0.3 is 0 Å². The molecule has 0 aromatic carbocycles. The number of aryl methyl sites for hydroxylation is 1. The van der Waals surface area contributed by atoms with Crippen molar-refractivity contribution in [3.05, 3.63) is 45.6 Å². The van der Waals surface area contributed by atoms with Crippen LogP contribution in [0.5, 0.6) is 5.75 Å². The molecule has 2 unspecified atom stereocenters. The molecule has 0 fully saturated rings. The van der Waals surface area contributed by atoms with Gasteiger partial charge in [-0.15, -0.1) is 0 Å². The van der Waals surface area contributed by atoms with E-state index in [-0.39, 0.29) is 17.2 Å². The van der Waals surface area contributed by atoms with Crippen LogP contribution in [0.4, 0.5) is 0 Å². The minimum atomic E-state index is -0.516. The van der Waals surface area contributed by atoms with Crippen LogP contribution in [0.1, 0.15) is 60.9 Å². The summed E-state index contributed by atoms with van der Waals surface area (Å²) >= 11 is 0. The Morgan fingerprint density at radius 1 is 1.43 bits per heavy atom. The van der Waals surface area contributed by atoms with Crippen molar-refractivity contribution < 1.29 is 9.90 Å². The molecule has 0 aliphatic carbocycles. The summed E-state index contributed by atoms with van der Waals surface area (Å²) < 4.78 is 1.46. The highest BCUT2D eigenvalue weighted by Crippen LogP contribution is 2.21. The zero-order valence-electron chi connectivity index (χ0n) is 13.8. The zero-order valence-corrected chi connectivity index (χ0v) is 13.8. The molecule has 2 aromatic rings. The Hall–Kier alpha value is -2.57. The van der Waals surface area contributed by atoms with E-state index in [0.29, 0.717) is 5.69 Å². The quantitative estimate of drug-likeness (QED) is 0.783. The highest BCUT2D eigenvalue weighted by atomic mass is 16.3. The minimum Gasteiger partial charge on any atom is -0.504 e. The van der Waals surface area contributed by atoms with Gasteiger partial charge in [0.05, 0.1) is 12.2 Å². The molecule has 0 saturated carbocycles. The fourth-order valence-electron chi connectivity index (χ4n) is 2.32. The van der Waals surface area contributed by atoms with E-state index in [1.54, 1.807) is 20.0 Å². The van der Waals surface area contributed by atoms with Gasteiger partial charge in [0.15, 0.2) is 5.75 Å². The second-order valence-electron chi connectivity index (χ2n) is 5.73. The monoisotopic (exact) mass is 318 g/mol. The molecule has 0 aliphatic rings. The molecule has 1 amide bonds. The third kappa shape index (κ3) is 3.61. The molecular weight excluding hydrogens is 296 g/mol. The highest BCUT2D eigenvalue weighted by molar-refractivity contribution is 5.94. The first kappa shape index (κ1) is 16.8. The van der Waals surface area contributed by atoms with Gasteiger partial charge < -0.3 is 15.4 Å². The van der Waals surface area contributed by atoms with Crippen LogP contribution < -0.4 is 10.9 Å². The molecule has 3 N–H and O–H groups in total. The first-order valence-corrected chi connectivity index (χ1v) is 7.60. The average molecular weight is 318 g/mol. The van der Waals surface area contributed by atoms with Crippen LogP contribution in [0, 0.1) is 0 Å². The lowest BCUT2D eigenvalue weighted by Gasteiger charge is -2.13. The van der Waals surface area contributed by atoms with E-state index in [1.165, 1.54) is 16.9 Å². The van der Waals surface area contributed by atoms with Crippen molar-refractivity contribution in [3.8, 4) is 5.75 Å². The Bertz CT molecular complexity index is 763. The number of H-pyrrole nitrogens is 1. The molecule has 0 saturated heterocycles. The number of nitrogens with zero attached hydrogens (tertiary/aromatic N) is 2. The molecule has 23 heavy (non-hydrogen) atoms. The Labute approximate surface area is 134 Å². The summed E-state index contributed by atoms with van der Waals surface area (Å²) in [6.45, 7) is 5.74. The smallest absolute Gasteiger partial charge is 0.261 e. The normalized spacial score (nSPS) is 13.6. The van der Waals surface area contributed by atoms with E-state index < -0.39 is 17.5 Å². The maximum atomic E-state index is 12.3. The van der Waals surface area contributed by atoms with Gasteiger partial charge in [0.25, 0.3) is 11.5 Å². The number of aromatic hydroxyl groups is 1. The van der Waals surface area contributed by atoms with Gasteiger partial charge in [0.1, 0.15) is 11.3 Å². The number of hydrogen-bond acceptors (Lipinski definition) is 4. The standard InChI is InChI=1S/C16H22N4O3/c1-5-9(2)12-7-6-11(16(23)18-12)15(22)17-10(3)14-13(21)8-20(4)19-14/h6-10,21H,5H2,1-4H3,(H,17,22)(H,18,23). The lowest BCUT2D eigenvalue weighted by Crippen LogP contribution is -2.32. The van der Waals surface area contributed by atoms with Gasteiger partial charge in [0, 0.05) is 12.7 Å². The van der Waals surface area contributed by atoms with E-state index in [9.17, 15) is 14.7 Å². The van der Waals surface area contributed by atoms with E-state index in [2.05, 4.69) is 15.4 Å². The fraction of sp³-hybridized carbons (Fsp3) is 0.438. The van der Waals surface area contributed by atoms with Gasteiger partial charge in [-0.1, -0.05) is 13.8 Å². The van der Waals surface area contributed by atoms with Crippen LogP contribution in [0.25, 0.3) is 0 Å². The molecule has 0 bridgehead atoms. The summed E-state index contributed by atoms with van der Waals surface area (Å²) in [5, 5.41) is 16.5. The van der Waals surface area contributed by atoms with Crippen molar-refractivity contribution >= 4 is 5.91 Å². The number of carbonyl (C=O) groups is 1. The zero-order chi connectivity index (χ0) is 17.1. The first-order valence-electron chi connectivity index (χ1n) is 7.60. The molecule has 0 spiro atoms. The molecule has 2 rings (SSSR count). The minimum absolute atomic E-state index is 0.00123. The van der Waals surface area contributed by atoms with Gasteiger partial charge in [-0.25, -0.2) is 0 Å². The van der Waals surface area contributed by atoms with E-state index in [4.69, 9.17) is 0 Å². The summed E-state index contributed by atoms with van der Waals surface area (Å²) in [5.74, 6) is -0.273. The van der Waals surface area contributed by atoms with Crippen LogP contribution in [-0.2, 0) is 7.05 Å². The molecule has 2 aromatic heterocycles. The second-order valence-corrected chi connectivity index (χ2v) is 5.73. The van der Waals surface area contributed by atoms with Crippen molar-refractivity contribution in [2.75, 3.05) is 0 Å². The number of pyridine rings is 1. The predicted molar refractivity (Wildman–Crippen MR) is 86.5 cm³/mol. The Balaban J connectivity index is 2.18. The third-order valence-electron chi connectivity index (χ3n) is 3.91. The van der Waals surface area contributed by atoms with Gasteiger partial charge in [-0.2, -0.15) is 5.10 Å². The van der Waals surface area contributed by atoms with Gasteiger partial charge in [0.2, 0.25) is 0 Å². The summed E-state index contributed by atoms with van der Waals surface area (Å²) in [4.78, 5) is 27.1. The van der Waals surface area contributed by atoms with Crippen molar-refractivity contribution in [1.82, 2.24) is 20.1 Å². The molecule has 124 valence electrons. The number of nitrogens with one attached hydrogen (secondary N) is 2. The van der Waals surface area contributed by atoms with Crippen LogP contribution in [0.3, 0.4) is 0 Å². The number of rotatable bonds is 5. The van der Waals surface area contributed by atoms with Crippen molar-refractivity contribution in [2.24, 2.45) is 7.05 Å². The number of hydrogen-bond donors (Lipinski definition) is 3. The Morgan fingerprint density at radius 3 is 2.65 bits per heavy atom. The van der Waals surface area contributed by atoms with Gasteiger partial charge in [-0.3, -0.25) is 14.3 Å². The third-order valence-corrected chi connectivity index (χ3v) is 3.91. The number of aromatic nitrogens is 3. The molecule has 7 heteroatoms. The second kappa shape index (κ2) is 6.68. The average Bonchev–Trinajstić information content (AvgIpc) is 2.84. The Kier molecular flexibility index (Phi) is 4.88. The molecule has 0 aliphatic heterocycles. The summed E-state index contributed by atoms with van der Waals surface area (Å²) in [5.41, 5.74) is 0.787. The van der Waals surface area contributed by atoms with Crippen LogP contribution in [0.2, 0.25) is 0 Å². The molecular formula is C16H22N4O3. The molecule has 0 radical (unpaired) electrons. The SMILES string of the molecule is CCC(C)c1ccc(C(=O)NC(C)c2nn(C)cc2O)c(=O)[nH]1. The fourth-order valence-corrected chi connectivity index (χ4v) is 2.32. The van der Waals surface area contributed by atoms with E-state index in [1.807, 2.05) is 13.8 Å². The number of amides is 1. The van der Waals surface area contributed by atoms with Gasteiger partial charge in [-0.05, 0) is 31.4 Å². The molecule has 2 heterocycles. The lowest BCUT2D eigenvalue weighted by molar-refractivity contribution is 0.0937. The Morgan fingerprint density at radius 2 is 2.13 bits per heavy atom. The van der Waals surface area contributed by atoms with Crippen LogP contribution >= 0.6 is 0 Å². The van der Waals surface area contributed by atoms with Crippen LogP contribution in [-0.4, -0.2) is 25.8 Å². The lowest BCUT2D eigenvalue weighted by atomic mass is 10.0. The summed E-state index contributed by atoms with van der Waals surface area (Å²) in [6, 6.07) is 2.77. The largest absolute Gasteiger partial charge is 0.504 e. The maximum absolute atomic E-state index is 12.3. The predicted octanol–water partition coefficient (Wildman–Crippen LogP) is 1.82. The van der Waals surface area contributed by atoms with E-state index in [0.717, 1.165) is 12.1 Å². The van der Waals surface area contributed by atoms with Crippen molar-refractivity contribution in [1.29, 1.82) is 0 Å². The van der Waals surface area contributed by atoms with E-state index >= 15 is 0 Å². The van der Waals surface area contributed by atoms with Crippen LogP contribution in [0.15, 0.2) is 23.1 Å². The van der Waals surface area contributed by atoms with Crippen molar-refractivity contribution in [3.63, 3.8) is 0 Å². The molecule has 7 nitrogen and oxygen atoms in total. The van der Waals surface area contributed by atoms with Crippen molar-refractivity contribution in [2.45, 2.75) is 39.2 Å². The number of aromatic amines is 1. The maximum Gasteiger partial charge on any atom is 0.261 e. The topological polar surface area (TPSA) is 100 Å².